The molecule has 0 aliphatic heterocycles. The van der Waals surface area contributed by atoms with Crippen LogP contribution in [-0.2, 0) is 16.1 Å². The second-order valence-corrected chi connectivity index (χ2v) is 2.81. The maximum absolute atomic E-state index is 10.9. The van der Waals surface area contributed by atoms with Crippen LogP contribution in [0.1, 0.15) is 5.69 Å². The van der Waals surface area contributed by atoms with E-state index in [4.69, 9.17) is 5.73 Å². The SMILES string of the molecule is COC(=O)C(N)Cn1ccc(C)n1. The molecular formula is C8H13N3O2. The molecule has 0 radical (unpaired) electrons. The van der Waals surface area contributed by atoms with Crippen LogP contribution >= 0.6 is 0 Å². The summed E-state index contributed by atoms with van der Waals surface area (Å²) in [5, 5.41) is 4.10. The quantitative estimate of drug-likeness (QED) is 0.653. The monoisotopic (exact) mass is 183 g/mol. The Labute approximate surface area is 76.5 Å². The molecule has 13 heavy (non-hydrogen) atoms. The number of methoxy groups -OCH3 is 1. The normalized spacial score (nSPS) is 12.5. The lowest BCUT2D eigenvalue weighted by atomic mass is 10.3. The van der Waals surface area contributed by atoms with Gasteiger partial charge in [0.1, 0.15) is 6.04 Å². The lowest BCUT2D eigenvalue weighted by Gasteiger charge is -2.08. The Morgan fingerprint density at radius 2 is 2.54 bits per heavy atom. The fraction of sp³-hybridized carbons (Fsp3) is 0.500. The number of ether oxygens (including phenoxy) is 1. The fourth-order valence-corrected chi connectivity index (χ4v) is 0.992. The van der Waals surface area contributed by atoms with Crippen molar-refractivity contribution in [2.45, 2.75) is 19.5 Å². The number of esters is 1. The van der Waals surface area contributed by atoms with Crippen LogP contribution in [0.3, 0.4) is 0 Å². The predicted octanol–water partition coefficient (Wildman–Crippen LogP) is -0.308. The molecule has 1 aromatic rings. The van der Waals surface area contributed by atoms with Gasteiger partial charge in [-0.1, -0.05) is 0 Å². The summed E-state index contributed by atoms with van der Waals surface area (Å²) in [6.07, 6.45) is 1.78. The maximum atomic E-state index is 10.9. The van der Waals surface area contributed by atoms with Gasteiger partial charge in [-0.05, 0) is 13.0 Å². The van der Waals surface area contributed by atoms with E-state index in [9.17, 15) is 4.79 Å². The summed E-state index contributed by atoms with van der Waals surface area (Å²) in [4.78, 5) is 10.9. The van der Waals surface area contributed by atoms with Gasteiger partial charge in [0.15, 0.2) is 0 Å². The van der Waals surface area contributed by atoms with Gasteiger partial charge in [-0.3, -0.25) is 9.48 Å². The highest BCUT2D eigenvalue weighted by atomic mass is 16.5. The van der Waals surface area contributed by atoms with Gasteiger partial charge in [0.2, 0.25) is 0 Å². The Hall–Kier alpha value is -1.36. The minimum atomic E-state index is -0.649. The minimum Gasteiger partial charge on any atom is -0.468 e. The van der Waals surface area contributed by atoms with Crippen LogP contribution in [0.5, 0.6) is 0 Å². The zero-order valence-electron chi connectivity index (χ0n) is 7.73. The van der Waals surface area contributed by atoms with Crippen molar-refractivity contribution in [1.29, 1.82) is 0 Å². The number of carbonyl (C=O) groups excluding carboxylic acids is 1. The largest absolute Gasteiger partial charge is 0.468 e. The van der Waals surface area contributed by atoms with E-state index in [1.807, 2.05) is 13.0 Å². The Morgan fingerprint density at radius 1 is 1.85 bits per heavy atom. The molecule has 0 spiro atoms. The zero-order valence-corrected chi connectivity index (χ0v) is 7.73. The topological polar surface area (TPSA) is 70.1 Å². The molecule has 0 aromatic carbocycles. The number of rotatable bonds is 3. The standard InChI is InChI=1S/C8H13N3O2/c1-6-3-4-11(10-6)5-7(9)8(12)13-2/h3-4,7H,5,9H2,1-2H3. The molecule has 5 heteroatoms. The molecule has 5 nitrogen and oxygen atoms in total. The third-order valence-corrected chi connectivity index (χ3v) is 1.66. The van der Waals surface area contributed by atoms with Gasteiger partial charge in [0.05, 0.1) is 19.3 Å². The smallest absolute Gasteiger partial charge is 0.324 e. The van der Waals surface area contributed by atoms with Crippen LogP contribution in [0.25, 0.3) is 0 Å². The molecule has 0 aliphatic carbocycles. The highest BCUT2D eigenvalue weighted by Gasteiger charge is 2.14. The van der Waals surface area contributed by atoms with Crippen LogP contribution in [0.4, 0.5) is 0 Å². The number of nitrogens with zero attached hydrogens (tertiary/aromatic N) is 2. The van der Waals surface area contributed by atoms with E-state index < -0.39 is 12.0 Å². The van der Waals surface area contributed by atoms with Crippen LogP contribution in [0, 0.1) is 6.92 Å². The van der Waals surface area contributed by atoms with E-state index in [1.165, 1.54) is 7.11 Å². The summed E-state index contributed by atoms with van der Waals surface area (Å²) in [7, 11) is 1.32. The van der Waals surface area contributed by atoms with E-state index in [1.54, 1.807) is 10.9 Å². The molecule has 0 amide bonds. The summed E-state index contributed by atoms with van der Waals surface area (Å²) < 4.78 is 6.11. The molecule has 0 saturated carbocycles. The second kappa shape index (κ2) is 4.04. The van der Waals surface area contributed by atoms with Crippen molar-refractivity contribution >= 4 is 5.97 Å². The first-order valence-corrected chi connectivity index (χ1v) is 3.97. The lowest BCUT2D eigenvalue weighted by molar-refractivity contribution is -0.142. The summed E-state index contributed by atoms with van der Waals surface area (Å²) in [5.74, 6) is -0.423. The average Bonchev–Trinajstić information content (AvgIpc) is 2.49. The molecule has 0 saturated heterocycles. The van der Waals surface area contributed by atoms with E-state index >= 15 is 0 Å². The molecule has 1 heterocycles. The Morgan fingerprint density at radius 3 is 3.00 bits per heavy atom. The molecule has 0 aliphatic rings. The third-order valence-electron chi connectivity index (χ3n) is 1.66. The third kappa shape index (κ3) is 2.55. The van der Waals surface area contributed by atoms with E-state index in [2.05, 4.69) is 9.84 Å². The molecular weight excluding hydrogens is 170 g/mol. The van der Waals surface area contributed by atoms with E-state index in [0.717, 1.165) is 5.69 Å². The first-order valence-electron chi connectivity index (χ1n) is 3.97. The van der Waals surface area contributed by atoms with E-state index in [0.29, 0.717) is 6.54 Å². The van der Waals surface area contributed by atoms with Gasteiger partial charge < -0.3 is 10.5 Å². The van der Waals surface area contributed by atoms with Crippen molar-refractivity contribution in [1.82, 2.24) is 9.78 Å². The molecule has 1 rings (SSSR count). The van der Waals surface area contributed by atoms with Crippen molar-refractivity contribution in [2.24, 2.45) is 5.73 Å². The average molecular weight is 183 g/mol. The molecule has 72 valence electrons. The summed E-state index contributed by atoms with van der Waals surface area (Å²) in [6, 6.07) is 1.20. The molecule has 1 aromatic heterocycles. The number of aromatic nitrogens is 2. The highest BCUT2D eigenvalue weighted by Crippen LogP contribution is 1.95. The molecule has 0 fully saturated rings. The van der Waals surface area contributed by atoms with Crippen LogP contribution < -0.4 is 5.73 Å². The molecule has 2 N–H and O–H groups in total. The number of nitrogens with two attached hydrogens (primary N) is 1. The Kier molecular flexibility index (Phi) is 3.02. The first-order chi connectivity index (χ1) is 6.13. The van der Waals surface area contributed by atoms with Gasteiger partial charge in [-0.15, -0.1) is 0 Å². The molecule has 1 atom stereocenters. The fourth-order valence-electron chi connectivity index (χ4n) is 0.992. The summed E-state index contributed by atoms with van der Waals surface area (Å²) >= 11 is 0. The van der Waals surface area contributed by atoms with Gasteiger partial charge in [-0.2, -0.15) is 5.10 Å². The first kappa shape index (κ1) is 9.73. The highest BCUT2D eigenvalue weighted by molar-refractivity contribution is 5.75. The van der Waals surface area contributed by atoms with Gasteiger partial charge in [0, 0.05) is 6.20 Å². The Bertz CT molecular complexity index is 295. The van der Waals surface area contributed by atoms with Crippen molar-refractivity contribution in [2.75, 3.05) is 7.11 Å². The number of hydrogen-bond acceptors (Lipinski definition) is 4. The maximum Gasteiger partial charge on any atom is 0.324 e. The van der Waals surface area contributed by atoms with Crippen LogP contribution in [0.2, 0.25) is 0 Å². The zero-order chi connectivity index (χ0) is 9.84. The van der Waals surface area contributed by atoms with Crippen LogP contribution in [0.15, 0.2) is 12.3 Å². The van der Waals surface area contributed by atoms with Crippen molar-refractivity contribution in [3.05, 3.63) is 18.0 Å². The Balaban J connectivity index is 2.54. The predicted molar refractivity (Wildman–Crippen MR) is 47.0 cm³/mol. The number of hydrogen-bond donors (Lipinski definition) is 1. The van der Waals surface area contributed by atoms with E-state index in [-0.39, 0.29) is 0 Å². The number of aryl methyl sites for hydroxylation is 1. The van der Waals surface area contributed by atoms with Crippen molar-refractivity contribution < 1.29 is 9.53 Å². The van der Waals surface area contributed by atoms with Gasteiger partial charge in [-0.25, -0.2) is 0 Å². The second-order valence-electron chi connectivity index (χ2n) is 2.81. The van der Waals surface area contributed by atoms with Gasteiger partial charge >= 0.3 is 5.97 Å². The summed E-state index contributed by atoms with van der Waals surface area (Å²) in [6.45, 7) is 2.22. The summed E-state index contributed by atoms with van der Waals surface area (Å²) in [5.41, 5.74) is 6.43. The minimum absolute atomic E-state index is 0.348. The van der Waals surface area contributed by atoms with Crippen LogP contribution in [-0.4, -0.2) is 28.9 Å². The lowest BCUT2D eigenvalue weighted by Crippen LogP contribution is -2.35. The molecule has 1 unspecified atom stereocenters. The van der Waals surface area contributed by atoms with Gasteiger partial charge in [0.25, 0.3) is 0 Å². The molecule has 0 bridgehead atoms. The number of carbonyl (C=O) groups is 1. The van der Waals surface area contributed by atoms with Crippen molar-refractivity contribution in [3.63, 3.8) is 0 Å². The van der Waals surface area contributed by atoms with Crippen molar-refractivity contribution in [3.8, 4) is 0 Å².